The number of nitrogens with zero attached hydrogens (tertiary/aromatic N) is 1. The second-order valence-corrected chi connectivity index (χ2v) is 8.79. The van der Waals surface area contributed by atoms with Gasteiger partial charge in [-0.05, 0) is 68.8 Å². The largest absolute Gasteiger partial charge is 0.351 e. The van der Waals surface area contributed by atoms with Crippen LogP contribution in [0.25, 0.3) is 0 Å². The summed E-state index contributed by atoms with van der Waals surface area (Å²) < 4.78 is 27.5. The molecule has 0 aliphatic carbocycles. The first-order valence-corrected chi connectivity index (χ1v) is 11.1. The molecule has 28 heavy (non-hydrogen) atoms. The Bertz CT molecular complexity index is 908. The van der Waals surface area contributed by atoms with Crippen molar-refractivity contribution in [3.05, 3.63) is 59.7 Å². The summed E-state index contributed by atoms with van der Waals surface area (Å²) in [6, 6.07) is 13.2. The molecule has 2 N–H and O–H groups in total. The minimum atomic E-state index is -3.65. The number of piperidine rings is 1. The van der Waals surface area contributed by atoms with E-state index in [0.29, 0.717) is 23.4 Å². The summed E-state index contributed by atoms with van der Waals surface area (Å²) in [5.74, 6) is -0.141. The van der Waals surface area contributed by atoms with Crippen LogP contribution in [0.15, 0.2) is 53.4 Å². The third-order valence-electron chi connectivity index (χ3n) is 4.95. The molecule has 0 aromatic heterocycles. The van der Waals surface area contributed by atoms with Crippen LogP contribution in [0.4, 0.5) is 5.69 Å². The maximum atomic E-state index is 12.5. The molecule has 0 saturated carbocycles. The highest BCUT2D eigenvalue weighted by atomic mass is 32.2. The van der Waals surface area contributed by atoms with Crippen molar-refractivity contribution in [2.45, 2.75) is 31.1 Å². The predicted octanol–water partition coefficient (Wildman–Crippen LogP) is 3.01. The molecule has 2 aromatic rings. The average Bonchev–Trinajstić information content (AvgIpc) is 2.71. The summed E-state index contributed by atoms with van der Waals surface area (Å²) in [5.41, 5.74) is 1.69. The van der Waals surface area contributed by atoms with Crippen molar-refractivity contribution in [1.29, 1.82) is 0 Å². The van der Waals surface area contributed by atoms with Gasteiger partial charge in [-0.2, -0.15) is 0 Å². The molecule has 7 heteroatoms. The Morgan fingerprint density at radius 1 is 1.04 bits per heavy atom. The zero-order valence-corrected chi connectivity index (χ0v) is 17.0. The number of benzene rings is 2. The van der Waals surface area contributed by atoms with Gasteiger partial charge in [0.15, 0.2) is 0 Å². The molecule has 150 valence electrons. The number of amides is 1. The van der Waals surface area contributed by atoms with E-state index in [1.54, 1.807) is 55.5 Å². The molecule has 1 aliphatic heterocycles. The van der Waals surface area contributed by atoms with E-state index in [1.807, 2.05) is 0 Å². The number of rotatable bonds is 7. The Labute approximate surface area is 167 Å². The third kappa shape index (κ3) is 5.33. The van der Waals surface area contributed by atoms with Crippen molar-refractivity contribution < 1.29 is 13.2 Å². The smallest absolute Gasteiger partial charge is 0.261 e. The minimum absolute atomic E-state index is 0.141. The topological polar surface area (TPSA) is 78.5 Å². The maximum absolute atomic E-state index is 12.5. The number of hydrogen-bond donors (Lipinski definition) is 2. The predicted molar refractivity (Wildman–Crippen MR) is 111 cm³/mol. The number of carbonyl (C=O) groups is 1. The van der Waals surface area contributed by atoms with Gasteiger partial charge in [0, 0.05) is 18.7 Å². The maximum Gasteiger partial charge on any atom is 0.261 e. The zero-order chi connectivity index (χ0) is 20.0. The molecule has 6 nitrogen and oxygen atoms in total. The highest BCUT2D eigenvalue weighted by Gasteiger charge is 2.16. The second-order valence-electron chi connectivity index (χ2n) is 7.11. The van der Waals surface area contributed by atoms with E-state index in [1.165, 1.54) is 19.3 Å². The second kappa shape index (κ2) is 9.21. The molecule has 0 bridgehead atoms. The lowest BCUT2D eigenvalue weighted by atomic mass is 10.1. The summed E-state index contributed by atoms with van der Waals surface area (Å²) in [5, 5.41) is 2.95. The van der Waals surface area contributed by atoms with Crippen LogP contribution in [0.5, 0.6) is 0 Å². The summed E-state index contributed by atoms with van der Waals surface area (Å²) in [7, 11) is -3.65. The first-order valence-electron chi connectivity index (χ1n) is 9.65. The molecular weight excluding hydrogens is 374 g/mol. The van der Waals surface area contributed by atoms with Gasteiger partial charge >= 0.3 is 0 Å². The van der Waals surface area contributed by atoms with Crippen molar-refractivity contribution in [2.24, 2.45) is 0 Å². The highest BCUT2D eigenvalue weighted by Crippen LogP contribution is 2.21. The van der Waals surface area contributed by atoms with E-state index in [9.17, 15) is 13.2 Å². The Balaban J connectivity index is 1.59. The van der Waals surface area contributed by atoms with Crippen LogP contribution in [-0.2, 0) is 10.0 Å². The van der Waals surface area contributed by atoms with Gasteiger partial charge in [-0.25, -0.2) is 8.42 Å². The average molecular weight is 402 g/mol. The fourth-order valence-corrected chi connectivity index (χ4v) is 4.49. The molecule has 1 heterocycles. The van der Waals surface area contributed by atoms with Crippen molar-refractivity contribution in [3.8, 4) is 0 Å². The standard InChI is InChI=1S/C21H27N3O3S/c1-17-16-18(21(25)22-12-15-24-13-6-3-7-14-24)10-11-20(17)23-28(26,27)19-8-4-2-5-9-19/h2,4-5,8-11,16,23H,3,6-7,12-15H2,1H3,(H,22,25). The van der Waals surface area contributed by atoms with Crippen LogP contribution < -0.4 is 10.0 Å². The van der Waals surface area contributed by atoms with Crippen molar-refractivity contribution >= 4 is 21.6 Å². The van der Waals surface area contributed by atoms with Gasteiger partial charge in [-0.15, -0.1) is 0 Å². The minimum Gasteiger partial charge on any atom is -0.351 e. The molecule has 0 spiro atoms. The normalized spacial score (nSPS) is 15.2. The van der Waals surface area contributed by atoms with Crippen LogP contribution in [0, 0.1) is 6.92 Å². The van der Waals surface area contributed by atoms with Gasteiger partial charge in [0.05, 0.1) is 10.6 Å². The molecule has 2 aromatic carbocycles. The molecule has 3 rings (SSSR count). The van der Waals surface area contributed by atoms with Gasteiger partial charge in [0.25, 0.3) is 15.9 Å². The van der Waals surface area contributed by atoms with Gasteiger partial charge < -0.3 is 10.2 Å². The summed E-state index contributed by atoms with van der Waals surface area (Å²) in [6.07, 6.45) is 3.75. The SMILES string of the molecule is Cc1cc(C(=O)NCCN2CCCCC2)ccc1NS(=O)(=O)c1ccccc1. The molecule has 1 amide bonds. The lowest BCUT2D eigenvalue weighted by Gasteiger charge is -2.26. The monoisotopic (exact) mass is 401 g/mol. The van der Waals surface area contributed by atoms with Crippen LogP contribution in [0.2, 0.25) is 0 Å². The fraction of sp³-hybridized carbons (Fsp3) is 0.381. The van der Waals surface area contributed by atoms with E-state index in [4.69, 9.17) is 0 Å². The molecule has 0 unspecified atom stereocenters. The first kappa shape index (κ1) is 20.4. The lowest BCUT2D eigenvalue weighted by molar-refractivity contribution is 0.0946. The molecule has 1 saturated heterocycles. The van der Waals surface area contributed by atoms with Crippen molar-refractivity contribution in [1.82, 2.24) is 10.2 Å². The molecular formula is C21H27N3O3S. The van der Waals surface area contributed by atoms with Gasteiger partial charge in [-0.1, -0.05) is 24.6 Å². The Hall–Kier alpha value is -2.38. The van der Waals surface area contributed by atoms with Crippen LogP contribution >= 0.6 is 0 Å². The number of anilines is 1. The van der Waals surface area contributed by atoms with E-state index in [0.717, 1.165) is 19.6 Å². The zero-order valence-electron chi connectivity index (χ0n) is 16.1. The Kier molecular flexibility index (Phi) is 6.70. The van der Waals surface area contributed by atoms with Gasteiger partial charge in [-0.3, -0.25) is 9.52 Å². The molecule has 0 radical (unpaired) electrons. The van der Waals surface area contributed by atoms with Crippen LogP contribution in [0.1, 0.15) is 35.2 Å². The van der Waals surface area contributed by atoms with E-state index < -0.39 is 10.0 Å². The molecule has 1 fully saturated rings. The number of hydrogen-bond acceptors (Lipinski definition) is 4. The van der Waals surface area contributed by atoms with Crippen molar-refractivity contribution in [2.75, 3.05) is 30.9 Å². The number of nitrogens with one attached hydrogen (secondary N) is 2. The number of likely N-dealkylation sites (tertiary alicyclic amines) is 1. The Morgan fingerprint density at radius 2 is 1.75 bits per heavy atom. The quantitative estimate of drug-likeness (QED) is 0.748. The molecule has 1 aliphatic rings. The van der Waals surface area contributed by atoms with E-state index in [2.05, 4.69) is 14.9 Å². The van der Waals surface area contributed by atoms with E-state index >= 15 is 0 Å². The van der Waals surface area contributed by atoms with E-state index in [-0.39, 0.29) is 10.8 Å². The first-order chi connectivity index (χ1) is 13.5. The van der Waals surface area contributed by atoms with Crippen LogP contribution in [0.3, 0.4) is 0 Å². The van der Waals surface area contributed by atoms with Crippen LogP contribution in [-0.4, -0.2) is 45.4 Å². The summed E-state index contributed by atoms with van der Waals surface area (Å²) in [6.45, 7) is 5.46. The Morgan fingerprint density at radius 3 is 2.43 bits per heavy atom. The molecule has 0 atom stereocenters. The summed E-state index contributed by atoms with van der Waals surface area (Å²) >= 11 is 0. The summed E-state index contributed by atoms with van der Waals surface area (Å²) in [4.78, 5) is 15.0. The lowest BCUT2D eigenvalue weighted by Crippen LogP contribution is -2.37. The highest BCUT2D eigenvalue weighted by molar-refractivity contribution is 7.92. The van der Waals surface area contributed by atoms with Crippen molar-refractivity contribution in [3.63, 3.8) is 0 Å². The fourth-order valence-electron chi connectivity index (χ4n) is 3.34. The van der Waals surface area contributed by atoms with Gasteiger partial charge in [0.1, 0.15) is 0 Å². The number of aryl methyl sites for hydroxylation is 1. The number of carbonyl (C=O) groups excluding carboxylic acids is 1. The van der Waals surface area contributed by atoms with Gasteiger partial charge in [0.2, 0.25) is 0 Å². The third-order valence-corrected chi connectivity index (χ3v) is 6.33. The number of sulfonamides is 1.